The van der Waals surface area contributed by atoms with Crippen molar-refractivity contribution in [3.8, 4) is 0 Å². The van der Waals surface area contributed by atoms with Crippen molar-refractivity contribution in [2.24, 2.45) is 17.8 Å². The number of rotatable bonds is 73. The molecule has 558 valence electrons. The van der Waals surface area contributed by atoms with Crippen LogP contribution in [0.4, 0.5) is 0 Å². The zero-order valence-corrected chi connectivity index (χ0v) is 63.2. The normalized spacial score (nSPS) is 14.1. The Balaban J connectivity index is 5.15. The Labute approximate surface area is 575 Å². The van der Waals surface area contributed by atoms with Gasteiger partial charge < -0.3 is 33.8 Å². The van der Waals surface area contributed by atoms with E-state index >= 15 is 0 Å². The number of phosphoric ester groups is 2. The third-order valence-corrected chi connectivity index (χ3v) is 19.3. The maximum absolute atomic E-state index is 13.1. The fourth-order valence-corrected chi connectivity index (χ4v) is 13.0. The van der Waals surface area contributed by atoms with Gasteiger partial charge in [0.2, 0.25) is 0 Å². The molecule has 0 aliphatic rings. The van der Waals surface area contributed by atoms with Gasteiger partial charge in [0.1, 0.15) is 19.3 Å². The molecule has 0 aromatic rings. The van der Waals surface area contributed by atoms with Gasteiger partial charge in [-0.1, -0.05) is 331 Å². The van der Waals surface area contributed by atoms with Crippen LogP contribution in [0, 0.1) is 17.8 Å². The highest BCUT2D eigenvalue weighted by Gasteiger charge is 2.30. The second kappa shape index (κ2) is 65.7. The molecule has 0 radical (unpaired) electrons. The Morgan fingerprint density at radius 3 is 0.723 bits per heavy atom. The largest absolute Gasteiger partial charge is 0.472 e. The molecule has 0 aliphatic heterocycles. The third kappa shape index (κ3) is 68.6. The minimum absolute atomic E-state index is 0.102. The van der Waals surface area contributed by atoms with Crippen LogP contribution >= 0.6 is 15.6 Å². The van der Waals surface area contributed by atoms with Crippen LogP contribution in [-0.2, 0) is 65.4 Å². The van der Waals surface area contributed by atoms with E-state index in [4.69, 9.17) is 37.0 Å². The number of phosphoric acid groups is 2. The summed E-state index contributed by atoms with van der Waals surface area (Å²) >= 11 is 0. The molecule has 19 heteroatoms. The first-order chi connectivity index (χ1) is 45.2. The van der Waals surface area contributed by atoms with Crippen LogP contribution in [0.1, 0.15) is 382 Å². The van der Waals surface area contributed by atoms with E-state index in [9.17, 15) is 43.2 Å². The van der Waals surface area contributed by atoms with Gasteiger partial charge in [0, 0.05) is 25.7 Å². The molecule has 0 saturated heterocycles. The number of ether oxygens (including phenoxy) is 4. The van der Waals surface area contributed by atoms with E-state index in [2.05, 4.69) is 48.5 Å². The summed E-state index contributed by atoms with van der Waals surface area (Å²) in [6.45, 7) is 11.8. The number of carbonyl (C=O) groups is 4. The van der Waals surface area contributed by atoms with Gasteiger partial charge in [0.25, 0.3) is 0 Å². The quantitative estimate of drug-likeness (QED) is 0.0222. The fraction of sp³-hybridized carbons (Fsp3) is 0.947. The lowest BCUT2D eigenvalue weighted by Gasteiger charge is -2.21. The molecule has 3 N–H and O–H groups in total. The Kier molecular flexibility index (Phi) is 64.3. The predicted molar refractivity (Wildman–Crippen MR) is 381 cm³/mol. The summed E-state index contributed by atoms with van der Waals surface area (Å²) in [4.78, 5) is 72.5. The summed E-state index contributed by atoms with van der Waals surface area (Å²) < 4.78 is 68.3. The van der Waals surface area contributed by atoms with E-state index in [1.807, 2.05) is 0 Å². The van der Waals surface area contributed by atoms with E-state index in [0.717, 1.165) is 115 Å². The van der Waals surface area contributed by atoms with Gasteiger partial charge in [-0.3, -0.25) is 37.3 Å². The van der Waals surface area contributed by atoms with Crippen LogP contribution in [0.2, 0.25) is 0 Å². The SMILES string of the molecule is CCCCCCCCCC(=O)OC[C@H](COP(=O)(O)OC[C@H](O)COP(=O)(O)OC[C@@H](COC(=O)CCCCCCCCCCCCCCCCC(C)C)OC(=O)CCCCCCCCCCCCCCCCCCCCC(C)C)OC(=O)CCCCCCCCC(C)C. The number of aliphatic hydroxyl groups excluding tert-OH is 1. The summed E-state index contributed by atoms with van der Waals surface area (Å²) in [7, 11) is -9.90. The van der Waals surface area contributed by atoms with Gasteiger partial charge >= 0.3 is 39.5 Å². The van der Waals surface area contributed by atoms with Crippen LogP contribution in [0.25, 0.3) is 0 Å². The van der Waals surface area contributed by atoms with Crippen LogP contribution in [-0.4, -0.2) is 96.7 Å². The molecule has 0 spiro atoms. The Morgan fingerprint density at radius 2 is 0.489 bits per heavy atom. The minimum atomic E-state index is -4.96. The third-order valence-electron chi connectivity index (χ3n) is 17.4. The molecule has 0 saturated carbocycles. The molecule has 0 aliphatic carbocycles. The van der Waals surface area contributed by atoms with E-state index in [0.29, 0.717) is 31.6 Å². The maximum atomic E-state index is 13.1. The zero-order chi connectivity index (χ0) is 69.4. The van der Waals surface area contributed by atoms with Crippen molar-refractivity contribution in [3.63, 3.8) is 0 Å². The first kappa shape index (κ1) is 92.1. The average molecular weight is 1380 g/mol. The number of hydrogen-bond acceptors (Lipinski definition) is 15. The molecule has 2 unspecified atom stereocenters. The number of carbonyl (C=O) groups excluding carboxylic acids is 4. The van der Waals surface area contributed by atoms with Gasteiger partial charge in [-0.15, -0.1) is 0 Å². The lowest BCUT2D eigenvalue weighted by atomic mass is 10.0. The van der Waals surface area contributed by atoms with Crippen molar-refractivity contribution in [1.82, 2.24) is 0 Å². The highest BCUT2D eigenvalue weighted by molar-refractivity contribution is 7.47. The highest BCUT2D eigenvalue weighted by atomic mass is 31.2. The smallest absolute Gasteiger partial charge is 0.462 e. The predicted octanol–water partition coefficient (Wildman–Crippen LogP) is 21.8. The fourth-order valence-electron chi connectivity index (χ4n) is 11.4. The molecule has 0 aromatic heterocycles. The van der Waals surface area contributed by atoms with Crippen molar-refractivity contribution in [3.05, 3.63) is 0 Å². The number of esters is 4. The lowest BCUT2D eigenvalue weighted by Crippen LogP contribution is -2.30. The first-order valence-corrected chi connectivity index (χ1v) is 41.8. The monoisotopic (exact) mass is 1380 g/mol. The van der Waals surface area contributed by atoms with Crippen LogP contribution in [0.5, 0.6) is 0 Å². The maximum Gasteiger partial charge on any atom is 0.472 e. The standard InChI is InChI=1S/C75H146O17P2/c1-8-9-10-11-32-42-49-56-72(77)85-62-71(92-75(80)59-52-45-38-37-41-48-55-68(6)7)65-90-94(83,84)88-61-69(76)60-87-93(81,82)89-64-70(63-86-73(78)57-50-43-35-30-26-22-19-18-21-25-29-34-40-47-54-67(4)5)91-74(79)58-51-44-36-31-27-23-17-15-13-12-14-16-20-24-28-33-39-46-53-66(2)3/h66-71,76H,8-65H2,1-7H3,(H,81,82)(H,83,84)/t69-,70-,71-/m1/s1. The lowest BCUT2D eigenvalue weighted by molar-refractivity contribution is -0.161. The van der Waals surface area contributed by atoms with Crippen molar-refractivity contribution in [2.45, 2.75) is 401 Å². The van der Waals surface area contributed by atoms with Crippen LogP contribution in [0.3, 0.4) is 0 Å². The highest BCUT2D eigenvalue weighted by Crippen LogP contribution is 2.45. The van der Waals surface area contributed by atoms with Crippen molar-refractivity contribution in [2.75, 3.05) is 39.6 Å². The second-order valence-corrected chi connectivity index (χ2v) is 31.4. The van der Waals surface area contributed by atoms with E-state index in [1.54, 1.807) is 0 Å². The Hall–Kier alpha value is -1.94. The molecule has 0 heterocycles. The Morgan fingerprint density at radius 1 is 0.287 bits per heavy atom. The van der Waals surface area contributed by atoms with E-state index in [-0.39, 0.29) is 25.7 Å². The average Bonchev–Trinajstić information content (AvgIpc) is 2.54. The number of unbranched alkanes of at least 4 members (excludes halogenated alkanes) is 41. The molecular weight excluding hydrogens is 1230 g/mol. The molecule has 0 fully saturated rings. The van der Waals surface area contributed by atoms with Crippen molar-refractivity contribution < 1.29 is 80.2 Å². The Bertz CT molecular complexity index is 1840. The molecule has 0 aromatic carbocycles. The van der Waals surface area contributed by atoms with E-state index in [1.165, 1.54) is 180 Å². The summed E-state index contributed by atoms with van der Waals surface area (Å²) in [5.74, 6) is 0.160. The van der Waals surface area contributed by atoms with Gasteiger partial charge in [-0.2, -0.15) is 0 Å². The van der Waals surface area contributed by atoms with Gasteiger partial charge in [0.05, 0.1) is 26.4 Å². The first-order valence-electron chi connectivity index (χ1n) is 38.8. The van der Waals surface area contributed by atoms with Gasteiger partial charge in [-0.25, -0.2) is 9.13 Å². The summed E-state index contributed by atoms with van der Waals surface area (Å²) in [6.07, 6.45) is 51.8. The van der Waals surface area contributed by atoms with Crippen molar-refractivity contribution >= 4 is 39.5 Å². The topological polar surface area (TPSA) is 237 Å². The molecule has 94 heavy (non-hydrogen) atoms. The molecule has 0 rings (SSSR count). The molecule has 0 bridgehead atoms. The molecule has 5 atom stereocenters. The molecule has 0 amide bonds. The van der Waals surface area contributed by atoms with Gasteiger partial charge in [0.15, 0.2) is 12.2 Å². The molecular formula is C75H146O17P2. The minimum Gasteiger partial charge on any atom is -0.462 e. The van der Waals surface area contributed by atoms with Crippen LogP contribution in [0.15, 0.2) is 0 Å². The number of hydrogen-bond donors (Lipinski definition) is 3. The summed E-state index contributed by atoms with van der Waals surface area (Å²) in [5, 5.41) is 10.6. The van der Waals surface area contributed by atoms with E-state index < -0.39 is 97.5 Å². The van der Waals surface area contributed by atoms with Crippen molar-refractivity contribution in [1.29, 1.82) is 0 Å². The summed E-state index contributed by atoms with van der Waals surface area (Å²) in [5.41, 5.74) is 0. The van der Waals surface area contributed by atoms with Crippen LogP contribution < -0.4 is 0 Å². The number of aliphatic hydroxyl groups is 1. The van der Waals surface area contributed by atoms with Gasteiger partial charge in [-0.05, 0) is 43.4 Å². The second-order valence-electron chi connectivity index (χ2n) is 28.5. The zero-order valence-electron chi connectivity index (χ0n) is 61.4. The summed E-state index contributed by atoms with van der Waals surface area (Å²) in [6, 6.07) is 0. The molecule has 17 nitrogen and oxygen atoms in total.